The molecule has 0 radical (unpaired) electrons. The summed E-state index contributed by atoms with van der Waals surface area (Å²) in [6, 6.07) is 0.473. The second-order valence-corrected chi connectivity index (χ2v) is 25.3. The zero-order valence-electron chi connectivity index (χ0n) is 40.2. The van der Waals surface area contributed by atoms with Gasteiger partial charge in [-0.1, -0.05) is 110 Å². The average molecular weight is 948 g/mol. The maximum atomic E-state index is 13.2. The number of fused-ring (bicyclic) bond motifs is 2. The van der Waals surface area contributed by atoms with Gasteiger partial charge in [-0.15, -0.1) is 0 Å². The number of ether oxygens (including phenoxy) is 4. The number of sulfonamides is 2. The molecular formula is C51H87N4O8S2+. The Morgan fingerprint density at radius 2 is 1.15 bits per heavy atom. The van der Waals surface area contributed by atoms with E-state index >= 15 is 0 Å². The van der Waals surface area contributed by atoms with Crippen LogP contribution in [0.4, 0.5) is 0 Å². The molecule has 65 heavy (non-hydrogen) atoms. The van der Waals surface area contributed by atoms with Crippen LogP contribution in [0, 0.1) is 23.7 Å². The summed E-state index contributed by atoms with van der Waals surface area (Å²) >= 11 is 0. The second-order valence-electron chi connectivity index (χ2n) is 21.4. The lowest BCUT2D eigenvalue weighted by atomic mass is 9.71. The molecule has 2 aliphatic heterocycles. The van der Waals surface area contributed by atoms with Gasteiger partial charge in [-0.2, -0.15) is 14.0 Å². The highest BCUT2D eigenvalue weighted by molar-refractivity contribution is 7.89. The van der Waals surface area contributed by atoms with Crippen molar-refractivity contribution in [1.82, 2.24) is 14.3 Å². The number of hydrogen-bond donors (Lipinski definition) is 2. The van der Waals surface area contributed by atoms with E-state index in [2.05, 4.69) is 38.0 Å². The van der Waals surface area contributed by atoms with Crippen LogP contribution in [0.2, 0.25) is 0 Å². The molecule has 6 atom stereocenters. The van der Waals surface area contributed by atoms with Crippen molar-refractivity contribution >= 4 is 25.9 Å². The minimum absolute atomic E-state index is 0.0479. The Hall–Kier alpha value is -1.71. The Labute approximate surface area is 394 Å². The van der Waals surface area contributed by atoms with Crippen LogP contribution in [0.1, 0.15) is 193 Å². The minimum atomic E-state index is -3.49. The summed E-state index contributed by atoms with van der Waals surface area (Å²) in [4.78, 5) is 2.42. The Kier molecular flexibility index (Phi) is 18.5. The molecule has 1 saturated heterocycles. The molecule has 12 nitrogen and oxygen atoms in total. The standard InChI is InChI=1S/C51H87N4O8S2/c1-2-39(33-50-54(29-15-31-64(56,57)52-37-60-44-21-11-5-12-22-44)46-35-42(25-27-48(46)62-50)40-17-7-3-8-18-40)34-51-55(30-16-32-65(58,59)53-38-61-45-23-13-6-14-24-45)47-36-43(26-28-49(47)63-51)41-19-9-4-10-20-41/h33-34,40-49,52-53H,2-32,35-38H2,1H3/q+1. The van der Waals surface area contributed by atoms with Crippen molar-refractivity contribution < 1.29 is 40.4 Å². The minimum Gasteiger partial charge on any atom is -0.474 e. The van der Waals surface area contributed by atoms with Gasteiger partial charge in [0.25, 0.3) is 0 Å². The molecule has 7 fully saturated rings. The first kappa shape index (κ1) is 49.7. The van der Waals surface area contributed by atoms with Crippen molar-refractivity contribution in [3.63, 3.8) is 0 Å². The summed E-state index contributed by atoms with van der Waals surface area (Å²) in [6.07, 6.45) is 37.9. The van der Waals surface area contributed by atoms with E-state index in [0.717, 1.165) is 113 Å². The van der Waals surface area contributed by atoms with E-state index < -0.39 is 20.0 Å². The highest BCUT2D eigenvalue weighted by atomic mass is 32.2. The Morgan fingerprint density at radius 1 is 0.631 bits per heavy atom. The maximum Gasteiger partial charge on any atom is 0.363 e. The third-order valence-corrected chi connectivity index (χ3v) is 19.9. The summed E-state index contributed by atoms with van der Waals surface area (Å²) in [7, 11) is -6.99. The number of rotatable bonds is 21. The van der Waals surface area contributed by atoms with E-state index in [9.17, 15) is 16.8 Å². The first-order valence-electron chi connectivity index (χ1n) is 27.0. The van der Waals surface area contributed by atoms with Crippen LogP contribution in [0.5, 0.6) is 0 Å². The SMILES string of the molecule is CCC(=CC1=[N+](CCCS(=O)(=O)NCOC2CCCCC2)C2CC(C3CCCCC3)CCC2O1)C=C1OC2CCC(C3CCCCC3)CC2N1CCCS(=O)(=O)NCOC1CCCCC1. The van der Waals surface area contributed by atoms with E-state index in [-0.39, 0.29) is 61.5 Å². The van der Waals surface area contributed by atoms with Crippen molar-refractivity contribution in [1.29, 1.82) is 0 Å². The van der Waals surface area contributed by atoms with Gasteiger partial charge in [0, 0.05) is 25.5 Å². The number of nitrogens with zero attached hydrogens (tertiary/aromatic N) is 2. The normalized spacial score (nSPS) is 31.2. The fourth-order valence-corrected chi connectivity index (χ4v) is 15.2. The zero-order valence-corrected chi connectivity index (χ0v) is 41.8. The van der Waals surface area contributed by atoms with E-state index in [1.807, 2.05) is 0 Å². The molecule has 8 rings (SSSR count). The van der Waals surface area contributed by atoms with Crippen molar-refractivity contribution in [3.05, 3.63) is 23.6 Å². The number of hydrogen-bond acceptors (Lipinski definition) is 9. The van der Waals surface area contributed by atoms with Gasteiger partial charge >= 0.3 is 5.90 Å². The number of allylic oxidation sites excluding steroid dienone is 2. The summed E-state index contributed by atoms with van der Waals surface area (Å²) in [5, 5.41) is 0. The van der Waals surface area contributed by atoms with Crippen LogP contribution in [0.25, 0.3) is 0 Å². The van der Waals surface area contributed by atoms with Gasteiger partial charge in [0.1, 0.15) is 26.1 Å². The summed E-state index contributed by atoms with van der Waals surface area (Å²) in [5.74, 6) is 4.75. The van der Waals surface area contributed by atoms with Crippen LogP contribution in [0.15, 0.2) is 23.6 Å². The molecule has 0 bridgehead atoms. The molecule has 0 spiro atoms. The van der Waals surface area contributed by atoms with Gasteiger partial charge in [-0.25, -0.2) is 16.8 Å². The van der Waals surface area contributed by atoms with Gasteiger partial charge < -0.3 is 23.8 Å². The van der Waals surface area contributed by atoms with E-state index in [1.54, 1.807) is 0 Å². The van der Waals surface area contributed by atoms with Gasteiger partial charge in [0.05, 0.1) is 35.8 Å². The van der Waals surface area contributed by atoms with Gasteiger partial charge in [-0.05, 0) is 99.9 Å². The van der Waals surface area contributed by atoms with Crippen molar-refractivity contribution in [2.75, 3.05) is 38.1 Å². The van der Waals surface area contributed by atoms with Crippen molar-refractivity contribution in [2.45, 2.75) is 230 Å². The Balaban J connectivity index is 0.980. The third-order valence-electron chi connectivity index (χ3n) is 17.1. The molecule has 0 aromatic carbocycles. The van der Waals surface area contributed by atoms with Crippen LogP contribution >= 0.6 is 0 Å². The molecule has 0 aromatic rings. The molecule has 14 heteroatoms. The lowest BCUT2D eigenvalue weighted by molar-refractivity contribution is -0.563. The zero-order chi connectivity index (χ0) is 45.1. The van der Waals surface area contributed by atoms with Crippen LogP contribution in [-0.2, 0) is 39.0 Å². The van der Waals surface area contributed by atoms with E-state index in [1.165, 1.54) is 89.9 Å². The summed E-state index contributed by atoms with van der Waals surface area (Å²) < 4.78 is 86.5. The molecule has 6 aliphatic carbocycles. The fraction of sp³-hybridized carbons (Fsp3) is 0.902. The Bertz CT molecular complexity index is 1810. The molecule has 2 N–H and O–H groups in total. The topological polar surface area (TPSA) is 136 Å². The monoisotopic (exact) mass is 948 g/mol. The molecule has 370 valence electrons. The van der Waals surface area contributed by atoms with Crippen LogP contribution in [-0.4, -0.2) is 107 Å². The smallest absolute Gasteiger partial charge is 0.363 e. The third kappa shape index (κ3) is 14.2. The van der Waals surface area contributed by atoms with Crippen LogP contribution in [0.3, 0.4) is 0 Å². The quantitative estimate of drug-likeness (QED) is 0.0853. The van der Waals surface area contributed by atoms with Crippen molar-refractivity contribution in [2.24, 2.45) is 23.7 Å². The van der Waals surface area contributed by atoms with Gasteiger partial charge in [0.2, 0.25) is 20.0 Å². The highest BCUT2D eigenvalue weighted by Crippen LogP contribution is 2.45. The maximum absolute atomic E-state index is 13.2. The largest absolute Gasteiger partial charge is 0.474 e. The molecular weight excluding hydrogens is 861 g/mol. The molecule has 0 aromatic heterocycles. The average Bonchev–Trinajstić information content (AvgIpc) is 3.85. The van der Waals surface area contributed by atoms with Crippen LogP contribution < -0.4 is 9.44 Å². The second kappa shape index (κ2) is 24.2. The van der Waals surface area contributed by atoms with Crippen molar-refractivity contribution in [3.8, 4) is 0 Å². The molecule has 2 heterocycles. The van der Waals surface area contributed by atoms with E-state index in [0.29, 0.717) is 37.8 Å². The molecule has 0 amide bonds. The predicted octanol–water partition coefficient (Wildman–Crippen LogP) is 9.41. The summed E-state index contributed by atoms with van der Waals surface area (Å²) in [5.41, 5.74) is 1.11. The molecule has 8 aliphatic rings. The predicted molar refractivity (Wildman–Crippen MR) is 257 cm³/mol. The fourth-order valence-electron chi connectivity index (χ4n) is 13.4. The summed E-state index contributed by atoms with van der Waals surface area (Å²) in [6.45, 7) is 3.51. The lowest BCUT2D eigenvalue weighted by Gasteiger charge is -2.39. The highest BCUT2D eigenvalue weighted by Gasteiger charge is 2.49. The molecule has 6 saturated carbocycles. The van der Waals surface area contributed by atoms with Gasteiger partial charge in [-0.3, -0.25) is 0 Å². The lowest BCUT2D eigenvalue weighted by Crippen LogP contribution is -2.42. The number of nitrogens with one attached hydrogen (secondary N) is 2. The van der Waals surface area contributed by atoms with Gasteiger partial charge in [0.15, 0.2) is 18.0 Å². The van der Waals surface area contributed by atoms with E-state index in [4.69, 9.17) is 18.9 Å². The first-order chi connectivity index (χ1) is 31.6. The first-order valence-corrected chi connectivity index (χ1v) is 30.3. The Morgan fingerprint density at radius 3 is 1.72 bits per heavy atom. The molecule has 6 unspecified atom stereocenters.